The molecule has 2 aromatic rings. The van der Waals surface area contributed by atoms with Gasteiger partial charge in [-0.2, -0.15) is 0 Å². The Kier molecular flexibility index (Phi) is 3.75. The molecule has 0 spiro atoms. The molecule has 0 saturated carbocycles. The highest BCUT2D eigenvalue weighted by Crippen LogP contribution is 2.24. The van der Waals surface area contributed by atoms with Crippen LogP contribution in [-0.4, -0.2) is 4.98 Å². The van der Waals surface area contributed by atoms with E-state index in [1.165, 1.54) is 10.4 Å². The fraction of sp³-hybridized carbons (Fsp3) is 0.300. The molecule has 0 amide bonds. The highest BCUT2D eigenvalue weighted by molar-refractivity contribution is 7.14. The third-order valence-electron chi connectivity index (χ3n) is 2.15. The first kappa shape index (κ1) is 11.1. The van der Waals surface area contributed by atoms with Crippen LogP contribution in [0.1, 0.15) is 23.4 Å². The first-order valence-electron chi connectivity index (χ1n) is 4.60. The molecule has 0 aromatic carbocycles. The standard InChI is InChI=1S/C10H11ClN2S2/c1-7(8-2-10(11)14-5-8)13-4-9-3-12-6-15-9/h2-3,5-7,13H,4H2,1H3. The molecule has 2 rings (SSSR count). The van der Waals surface area contributed by atoms with Crippen LogP contribution in [0, 0.1) is 0 Å². The van der Waals surface area contributed by atoms with Crippen molar-refractivity contribution in [1.29, 1.82) is 0 Å². The zero-order chi connectivity index (χ0) is 10.7. The van der Waals surface area contributed by atoms with Crippen LogP contribution >= 0.6 is 34.3 Å². The monoisotopic (exact) mass is 258 g/mol. The summed E-state index contributed by atoms with van der Waals surface area (Å²) in [5, 5.41) is 5.52. The maximum atomic E-state index is 5.89. The van der Waals surface area contributed by atoms with E-state index in [-0.39, 0.29) is 0 Å². The van der Waals surface area contributed by atoms with Gasteiger partial charge in [0, 0.05) is 23.7 Å². The summed E-state index contributed by atoms with van der Waals surface area (Å²) in [7, 11) is 0. The summed E-state index contributed by atoms with van der Waals surface area (Å²) in [6.07, 6.45) is 1.89. The molecule has 0 fully saturated rings. The molecular formula is C10H11ClN2S2. The summed E-state index contributed by atoms with van der Waals surface area (Å²) in [6, 6.07) is 2.34. The van der Waals surface area contributed by atoms with E-state index < -0.39 is 0 Å². The quantitative estimate of drug-likeness (QED) is 0.904. The Hall–Kier alpha value is -0.420. The van der Waals surface area contributed by atoms with Crippen molar-refractivity contribution in [3.05, 3.63) is 37.9 Å². The second-order valence-corrected chi connectivity index (χ2v) is 5.77. The highest BCUT2D eigenvalue weighted by Gasteiger charge is 2.07. The number of hydrogen-bond donors (Lipinski definition) is 1. The Morgan fingerprint density at radius 3 is 3.00 bits per heavy atom. The van der Waals surface area contributed by atoms with E-state index in [1.807, 2.05) is 17.8 Å². The van der Waals surface area contributed by atoms with Gasteiger partial charge in [0.05, 0.1) is 9.85 Å². The summed E-state index contributed by atoms with van der Waals surface area (Å²) in [6.45, 7) is 3.00. The number of nitrogens with zero attached hydrogens (tertiary/aromatic N) is 1. The Labute approximate surface area is 102 Å². The molecule has 0 aliphatic heterocycles. The number of rotatable bonds is 4. The van der Waals surface area contributed by atoms with Crippen molar-refractivity contribution in [3.63, 3.8) is 0 Å². The Morgan fingerprint density at radius 1 is 1.53 bits per heavy atom. The van der Waals surface area contributed by atoms with E-state index in [0.717, 1.165) is 10.9 Å². The second kappa shape index (κ2) is 5.07. The van der Waals surface area contributed by atoms with Gasteiger partial charge in [-0.05, 0) is 23.9 Å². The maximum Gasteiger partial charge on any atom is 0.0931 e. The molecule has 5 heteroatoms. The molecule has 1 unspecified atom stereocenters. The van der Waals surface area contributed by atoms with Crippen molar-refractivity contribution < 1.29 is 0 Å². The van der Waals surface area contributed by atoms with E-state index in [2.05, 4.69) is 22.6 Å². The Balaban J connectivity index is 1.90. The molecular weight excluding hydrogens is 248 g/mol. The van der Waals surface area contributed by atoms with Crippen molar-refractivity contribution in [2.24, 2.45) is 0 Å². The van der Waals surface area contributed by atoms with Crippen molar-refractivity contribution in [1.82, 2.24) is 10.3 Å². The van der Waals surface area contributed by atoms with Gasteiger partial charge in [0.1, 0.15) is 0 Å². The van der Waals surface area contributed by atoms with E-state index in [9.17, 15) is 0 Å². The summed E-state index contributed by atoms with van der Waals surface area (Å²) in [4.78, 5) is 5.29. The highest BCUT2D eigenvalue weighted by atomic mass is 35.5. The van der Waals surface area contributed by atoms with E-state index in [4.69, 9.17) is 11.6 Å². The van der Waals surface area contributed by atoms with E-state index in [0.29, 0.717) is 6.04 Å². The minimum Gasteiger partial charge on any atom is -0.305 e. The summed E-state index contributed by atoms with van der Waals surface area (Å²) < 4.78 is 0.844. The number of thiazole rings is 1. The maximum absolute atomic E-state index is 5.89. The molecule has 2 aromatic heterocycles. The number of halogens is 1. The van der Waals surface area contributed by atoms with Gasteiger partial charge in [-0.25, -0.2) is 0 Å². The summed E-state index contributed by atoms with van der Waals surface area (Å²) in [5.41, 5.74) is 3.10. The van der Waals surface area contributed by atoms with Crippen LogP contribution in [0.4, 0.5) is 0 Å². The fourth-order valence-electron chi connectivity index (χ4n) is 1.25. The average molecular weight is 259 g/mol. The molecule has 1 atom stereocenters. The SMILES string of the molecule is CC(NCc1cncs1)c1csc(Cl)c1. The lowest BCUT2D eigenvalue weighted by molar-refractivity contribution is 0.580. The zero-order valence-corrected chi connectivity index (χ0v) is 10.6. The third kappa shape index (κ3) is 3.01. The van der Waals surface area contributed by atoms with Crippen molar-refractivity contribution >= 4 is 34.3 Å². The smallest absolute Gasteiger partial charge is 0.0931 e. The van der Waals surface area contributed by atoms with Gasteiger partial charge < -0.3 is 5.32 Å². The fourth-order valence-corrected chi connectivity index (χ4v) is 2.78. The summed E-state index contributed by atoms with van der Waals surface area (Å²) in [5.74, 6) is 0. The van der Waals surface area contributed by atoms with Crippen LogP contribution in [0.5, 0.6) is 0 Å². The number of nitrogens with one attached hydrogen (secondary N) is 1. The lowest BCUT2D eigenvalue weighted by atomic mass is 10.2. The van der Waals surface area contributed by atoms with Crippen LogP contribution in [0.15, 0.2) is 23.2 Å². The lowest BCUT2D eigenvalue weighted by Gasteiger charge is -2.10. The van der Waals surface area contributed by atoms with Gasteiger partial charge in [0.25, 0.3) is 0 Å². The largest absolute Gasteiger partial charge is 0.305 e. The Morgan fingerprint density at radius 2 is 2.40 bits per heavy atom. The molecule has 0 aliphatic rings. The normalized spacial score (nSPS) is 12.9. The number of thiophene rings is 1. The number of hydrogen-bond acceptors (Lipinski definition) is 4. The molecule has 15 heavy (non-hydrogen) atoms. The van der Waals surface area contributed by atoms with E-state index in [1.54, 1.807) is 22.7 Å². The summed E-state index contributed by atoms with van der Waals surface area (Å²) >= 11 is 9.13. The van der Waals surface area contributed by atoms with Crippen molar-refractivity contribution in [2.45, 2.75) is 19.5 Å². The van der Waals surface area contributed by atoms with Crippen LogP contribution < -0.4 is 5.32 Å². The van der Waals surface area contributed by atoms with Crippen LogP contribution in [0.25, 0.3) is 0 Å². The van der Waals surface area contributed by atoms with Crippen molar-refractivity contribution in [3.8, 4) is 0 Å². The van der Waals surface area contributed by atoms with Crippen LogP contribution in [0.2, 0.25) is 4.34 Å². The van der Waals surface area contributed by atoms with Gasteiger partial charge in [-0.3, -0.25) is 4.98 Å². The van der Waals surface area contributed by atoms with E-state index >= 15 is 0 Å². The van der Waals surface area contributed by atoms with Crippen LogP contribution in [0.3, 0.4) is 0 Å². The van der Waals surface area contributed by atoms with Crippen LogP contribution in [-0.2, 0) is 6.54 Å². The first-order valence-corrected chi connectivity index (χ1v) is 6.74. The van der Waals surface area contributed by atoms with Gasteiger partial charge in [-0.1, -0.05) is 11.6 Å². The molecule has 0 saturated heterocycles. The average Bonchev–Trinajstić information content (AvgIpc) is 2.84. The minimum absolute atomic E-state index is 0.329. The predicted molar refractivity (Wildman–Crippen MR) is 66.7 cm³/mol. The lowest BCUT2D eigenvalue weighted by Crippen LogP contribution is -2.16. The van der Waals surface area contributed by atoms with Gasteiger partial charge in [0.15, 0.2) is 0 Å². The first-order chi connectivity index (χ1) is 7.25. The Bertz CT molecular complexity index is 411. The van der Waals surface area contributed by atoms with Gasteiger partial charge in [0.2, 0.25) is 0 Å². The zero-order valence-electron chi connectivity index (χ0n) is 8.24. The van der Waals surface area contributed by atoms with Gasteiger partial charge >= 0.3 is 0 Å². The molecule has 2 heterocycles. The number of aromatic nitrogens is 1. The molecule has 1 N–H and O–H groups in total. The molecule has 0 bridgehead atoms. The predicted octanol–water partition coefficient (Wildman–Crippen LogP) is 3.71. The van der Waals surface area contributed by atoms with Crippen molar-refractivity contribution in [2.75, 3.05) is 0 Å². The van der Waals surface area contributed by atoms with Gasteiger partial charge in [-0.15, -0.1) is 22.7 Å². The topological polar surface area (TPSA) is 24.9 Å². The molecule has 0 radical (unpaired) electrons. The third-order valence-corrected chi connectivity index (χ3v) is 4.04. The molecule has 80 valence electrons. The second-order valence-electron chi connectivity index (χ2n) is 3.25. The molecule has 2 nitrogen and oxygen atoms in total. The minimum atomic E-state index is 0.329. The molecule has 0 aliphatic carbocycles.